The summed E-state index contributed by atoms with van der Waals surface area (Å²) >= 11 is 1.42. The highest BCUT2D eigenvalue weighted by molar-refractivity contribution is 7.12. The molecule has 0 spiro atoms. The Hall–Kier alpha value is -3.38. The lowest BCUT2D eigenvalue weighted by Crippen LogP contribution is -2.09. The van der Waals surface area contributed by atoms with Crippen molar-refractivity contribution in [1.29, 1.82) is 0 Å². The smallest absolute Gasteiger partial charge is 0.265 e. The number of carbonyl (C=O) groups excluding carboxylic acids is 1. The molecule has 0 aliphatic heterocycles. The molecule has 4 rings (SSSR count). The summed E-state index contributed by atoms with van der Waals surface area (Å²) in [6.45, 7) is 9.38. The Kier molecular flexibility index (Phi) is 6.42. The number of nitrogens with one attached hydrogen (secondary N) is 1. The van der Waals surface area contributed by atoms with E-state index < -0.39 is 0 Å². The molecule has 0 unspecified atom stereocenters. The van der Waals surface area contributed by atoms with Gasteiger partial charge in [-0.25, -0.2) is 0 Å². The number of anilines is 1. The highest BCUT2D eigenvalue weighted by atomic mass is 32.1. The minimum Gasteiger partial charge on any atom is -0.488 e. The van der Waals surface area contributed by atoms with Crippen LogP contribution in [0.5, 0.6) is 5.75 Å². The van der Waals surface area contributed by atoms with Crippen LogP contribution in [-0.4, -0.2) is 15.7 Å². The first-order valence-corrected chi connectivity index (χ1v) is 11.4. The van der Waals surface area contributed by atoms with Gasteiger partial charge in [-0.3, -0.25) is 9.48 Å². The Morgan fingerprint density at radius 2 is 1.81 bits per heavy atom. The monoisotopic (exact) mass is 445 g/mol. The maximum Gasteiger partial charge on any atom is 0.265 e. The predicted octanol–water partition coefficient (Wildman–Crippen LogP) is 6.06. The van der Waals surface area contributed by atoms with Gasteiger partial charge in [0.05, 0.1) is 23.3 Å². The molecule has 0 aliphatic rings. The molecule has 0 bridgehead atoms. The van der Waals surface area contributed by atoms with Gasteiger partial charge >= 0.3 is 0 Å². The quantitative estimate of drug-likeness (QED) is 0.376. The summed E-state index contributed by atoms with van der Waals surface area (Å²) in [6, 6.07) is 14.3. The molecule has 1 amide bonds. The zero-order valence-corrected chi connectivity index (χ0v) is 19.6. The standard InChI is InChI=1S/C26H27N3O2S/c1-17-9-19(3)25(20(4)10-17)31-15-21-11-24(32-16-21)26(30)28-23-12-27-29(14-23)13-22-8-6-5-7-18(22)2/h5-12,14,16H,13,15H2,1-4H3,(H,28,30). The summed E-state index contributed by atoms with van der Waals surface area (Å²) < 4.78 is 7.88. The molecule has 0 fully saturated rings. The van der Waals surface area contributed by atoms with Gasteiger partial charge in [0.1, 0.15) is 12.4 Å². The van der Waals surface area contributed by atoms with Gasteiger partial charge < -0.3 is 10.1 Å². The number of benzene rings is 2. The van der Waals surface area contributed by atoms with Gasteiger partial charge in [0.25, 0.3) is 5.91 Å². The number of amides is 1. The Morgan fingerprint density at radius 3 is 2.56 bits per heavy atom. The van der Waals surface area contributed by atoms with Crippen LogP contribution in [0.3, 0.4) is 0 Å². The van der Waals surface area contributed by atoms with E-state index in [1.165, 1.54) is 28.0 Å². The Balaban J connectivity index is 1.36. The van der Waals surface area contributed by atoms with Crippen LogP contribution >= 0.6 is 11.3 Å². The van der Waals surface area contributed by atoms with Crippen LogP contribution in [-0.2, 0) is 13.2 Å². The van der Waals surface area contributed by atoms with Crippen LogP contribution in [0, 0.1) is 27.7 Å². The van der Waals surface area contributed by atoms with Crippen molar-refractivity contribution in [2.24, 2.45) is 0 Å². The Bertz CT molecular complexity index is 1230. The Labute approximate surface area is 192 Å². The van der Waals surface area contributed by atoms with Gasteiger partial charge in [-0.15, -0.1) is 11.3 Å². The van der Waals surface area contributed by atoms with Crippen molar-refractivity contribution in [3.8, 4) is 5.75 Å². The number of thiophene rings is 1. The molecule has 32 heavy (non-hydrogen) atoms. The van der Waals surface area contributed by atoms with E-state index in [2.05, 4.69) is 62.4 Å². The maximum absolute atomic E-state index is 12.7. The van der Waals surface area contributed by atoms with Crippen molar-refractivity contribution in [3.05, 3.63) is 98.5 Å². The first-order valence-electron chi connectivity index (χ1n) is 10.6. The van der Waals surface area contributed by atoms with Crippen molar-refractivity contribution in [1.82, 2.24) is 9.78 Å². The number of nitrogens with zero attached hydrogens (tertiary/aromatic N) is 2. The van der Waals surface area contributed by atoms with Crippen molar-refractivity contribution in [3.63, 3.8) is 0 Å². The number of carbonyl (C=O) groups is 1. The second kappa shape index (κ2) is 9.40. The lowest BCUT2D eigenvalue weighted by atomic mass is 10.1. The summed E-state index contributed by atoms with van der Waals surface area (Å²) in [5.41, 5.74) is 7.56. The molecule has 0 aliphatic carbocycles. The molecule has 164 valence electrons. The van der Waals surface area contributed by atoms with E-state index in [9.17, 15) is 4.79 Å². The summed E-state index contributed by atoms with van der Waals surface area (Å²) in [4.78, 5) is 13.3. The minimum absolute atomic E-state index is 0.139. The second-order valence-corrected chi connectivity index (χ2v) is 9.05. The number of rotatable bonds is 7. The average molecular weight is 446 g/mol. The minimum atomic E-state index is -0.139. The van der Waals surface area contributed by atoms with Crippen molar-refractivity contribution in [2.45, 2.75) is 40.8 Å². The van der Waals surface area contributed by atoms with Gasteiger partial charge in [-0.2, -0.15) is 5.10 Å². The molecule has 0 radical (unpaired) electrons. The van der Waals surface area contributed by atoms with Crippen LogP contribution in [0.25, 0.3) is 0 Å². The number of hydrogen-bond donors (Lipinski definition) is 1. The molecule has 5 nitrogen and oxygen atoms in total. The molecule has 4 aromatic rings. The number of ether oxygens (including phenoxy) is 1. The third-order valence-corrected chi connectivity index (χ3v) is 6.33. The number of hydrogen-bond acceptors (Lipinski definition) is 4. The fourth-order valence-corrected chi connectivity index (χ4v) is 4.58. The average Bonchev–Trinajstić information content (AvgIpc) is 3.38. The van der Waals surface area contributed by atoms with Gasteiger partial charge in [-0.1, -0.05) is 42.0 Å². The molecule has 2 heterocycles. The van der Waals surface area contributed by atoms with Crippen LogP contribution < -0.4 is 10.1 Å². The SMILES string of the molecule is Cc1cc(C)c(OCc2csc(C(=O)Nc3cnn(Cc4ccccc4C)c3)c2)c(C)c1. The zero-order valence-electron chi connectivity index (χ0n) is 18.8. The highest BCUT2D eigenvalue weighted by Gasteiger charge is 2.12. The fourth-order valence-electron chi connectivity index (χ4n) is 3.79. The molecule has 0 saturated carbocycles. The number of aromatic nitrogens is 2. The van der Waals surface area contributed by atoms with E-state index in [4.69, 9.17) is 4.74 Å². The van der Waals surface area contributed by atoms with Crippen LogP contribution in [0.4, 0.5) is 5.69 Å². The van der Waals surface area contributed by atoms with Gasteiger partial charge in [0.2, 0.25) is 0 Å². The summed E-state index contributed by atoms with van der Waals surface area (Å²) in [6.07, 6.45) is 3.53. The largest absolute Gasteiger partial charge is 0.488 e. The first-order chi connectivity index (χ1) is 15.4. The molecular weight excluding hydrogens is 418 g/mol. The highest BCUT2D eigenvalue weighted by Crippen LogP contribution is 2.26. The molecular formula is C26H27N3O2S. The van der Waals surface area contributed by atoms with Crippen LogP contribution in [0.1, 0.15) is 43.1 Å². The third-order valence-electron chi connectivity index (χ3n) is 5.35. The molecule has 1 N–H and O–H groups in total. The van der Waals surface area contributed by atoms with E-state index in [-0.39, 0.29) is 5.91 Å². The van der Waals surface area contributed by atoms with Gasteiger partial charge in [-0.05, 0) is 61.4 Å². The van der Waals surface area contributed by atoms with E-state index in [1.807, 2.05) is 34.5 Å². The number of aryl methyl sites for hydroxylation is 4. The maximum atomic E-state index is 12.7. The molecule has 6 heteroatoms. The van der Waals surface area contributed by atoms with Crippen molar-refractivity contribution in [2.75, 3.05) is 5.32 Å². The van der Waals surface area contributed by atoms with Crippen molar-refractivity contribution < 1.29 is 9.53 Å². The molecule has 2 aromatic carbocycles. The fraction of sp³-hybridized carbons (Fsp3) is 0.231. The molecule has 0 saturated heterocycles. The van der Waals surface area contributed by atoms with Gasteiger partial charge in [0.15, 0.2) is 0 Å². The lowest BCUT2D eigenvalue weighted by molar-refractivity contribution is 0.103. The van der Waals surface area contributed by atoms with Crippen molar-refractivity contribution >= 4 is 22.9 Å². The summed E-state index contributed by atoms with van der Waals surface area (Å²) in [5, 5.41) is 9.28. The molecule has 2 aromatic heterocycles. The predicted molar refractivity (Wildman–Crippen MR) is 130 cm³/mol. The summed E-state index contributed by atoms with van der Waals surface area (Å²) in [5.74, 6) is 0.772. The summed E-state index contributed by atoms with van der Waals surface area (Å²) in [7, 11) is 0. The lowest BCUT2D eigenvalue weighted by Gasteiger charge is -2.12. The van der Waals surface area contributed by atoms with Crippen LogP contribution in [0.15, 0.2) is 60.2 Å². The van der Waals surface area contributed by atoms with Crippen LogP contribution in [0.2, 0.25) is 0 Å². The molecule has 0 atom stereocenters. The van der Waals surface area contributed by atoms with Gasteiger partial charge in [0, 0.05) is 11.8 Å². The topological polar surface area (TPSA) is 56.1 Å². The first kappa shape index (κ1) is 21.8. The second-order valence-electron chi connectivity index (χ2n) is 8.14. The van der Waals surface area contributed by atoms with E-state index in [1.54, 1.807) is 6.20 Å². The third kappa shape index (κ3) is 5.08. The van der Waals surface area contributed by atoms with E-state index in [0.717, 1.165) is 22.4 Å². The van der Waals surface area contributed by atoms with E-state index >= 15 is 0 Å². The van der Waals surface area contributed by atoms with E-state index in [0.29, 0.717) is 23.7 Å². The Morgan fingerprint density at radius 1 is 1.06 bits per heavy atom. The normalized spacial score (nSPS) is 10.9. The zero-order chi connectivity index (χ0) is 22.7.